The average molecular weight is 402 g/mol. The van der Waals surface area contributed by atoms with Gasteiger partial charge in [-0.25, -0.2) is 4.39 Å². The van der Waals surface area contributed by atoms with Crippen molar-refractivity contribution < 1.29 is 30.7 Å². The molecule has 128 valence electrons. The van der Waals surface area contributed by atoms with Gasteiger partial charge in [0.1, 0.15) is 0 Å². The van der Waals surface area contributed by atoms with Gasteiger partial charge in [0.15, 0.2) is 6.17 Å². The summed E-state index contributed by atoms with van der Waals surface area (Å²) in [5, 5.41) is 0. The molecule has 0 saturated carbocycles. The summed E-state index contributed by atoms with van der Waals surface area (Å²) in [6.45, 7) is 1.52. The molecule has 0 aromatic heterocycles. The lowest BCUT2D eigenvalue weighted by Gasteiger charge is -2.34. The maximum absolute atomic E-state index is 13.4. The minimum atomic E-state index is -5.86. The smallest absolute Gasteiger partial charge is 0.241 e. The van der Waals surface area contributed by atoms with E-state index < -0.39 is 48.8 Å². The van der Waals surface area contributed by atoms with Gasteiger partial charge in [0, 0.05) is 6.42 Å². The fraction of sp³-hybridized carbons (Fsp3) is 1.00. The van der Waals surface area contributed by atoms with E-state index in [1.807, 2.05) is 0 Å². The molecule has 0 fully saturated rings. The highest BCUT2D eigenvalue weighted by Gasteiger charge is 2.73. The molecule has 0 N–H and O–H groups in total. The lowest BCUT2D eigenvalue weighted by molar-refractivity contribution is -0.325. The average Bonchev–Trinajstić information content (AvgIpc) is 2.32. The highest BCUT2D eigenvalue weighted by atomic mass is 35.8. The Hall–Kier alpha value is 0.597. The molecular weight excluding hydrogens is 388 g/mol. The molecule has 0 aliphatic carbocycles. The van der Waals surface area contributed by atoms with Crippen LogP contribution in [0.25, 0.3) is 0 Å². The topological polar surface area (TPSA) is 0 Å². The first kappa shape index (κ1) is 21.6. The Kier molecular flexibility index (Phi) is 7.66. The van der Waals surface area contributed by atoms with Gasteiger partial charge in [0.05, 0.1) is 0 Å². The van der Waals surface area contributed by atoms with Crippen LogP contribution in [0.5, 0.6) is 0 Å². The summed E-state index contributed by atoms with van der Waals surface area (Å²) in [6, 6.07) is -4.63. The monoisotopic (exact) mass is 400 g/mol. The van der Waals surface area contributed by atoms with Crippen LogP contribution in [-0.4, -0.2) is 29.9 Å². The second-order valence-electron chi connectivity index (χ2n) is 4.63. The summed E-state index contributed by atoms with van der Waals surface area (Å²) in [5.74, 6) is -16.5. The molecular formula is C10H14Cl3F7Si. The summed E-state index contributed by atoms with van der Waals surface area (Å²) in [7, 11) is 0. The van der Waals surface area contributed by atoms with Crippen LogP contribution in [0.15, 0.2) is 0 Å². The van der Waals surface area contributed by atoms with E-state index in [9.17, 15) is 30.7 Å². The minimum absolute atomic E-state index is 0.126. The zero-order valence-electron chi connectivity index (χ0n) is 10.9. The van der Waals surface area contributed by atoms with Gasteiger partial charge in [0.2, 0.25) is 0 Å². The molecule has 0 aromatic rings. The molecule has 1 unspecified atom stereocenters. The summed E-state index contributed by atoms with van der Waals surface area (Å²) in [6.07, 6.45) is -5.92. The van der Waals surface area contributed by atoms with Crippen LogP contribution in [0.1, 0.15) is 32.6 Å². The van der Waals surface area contributed by atoms with Crippen LogP contribution < -0.4 is 0 Å². The third-order valence-electron chi connectivity index (χ3n) is 2.80. The molecule has 0 aliphatic rings. The van der Waals surface area contributed by atoms with Crippen molar-refractivity contribution in [2.75, 3.05) is 0 Å². The Morgan fingerprint density at radius 1 is 1.00 bits per heavy atom. The zero-order chi connectivity index (χ0) is 17.1. The summed E-state index contributed by atoms with van der Waals surface area (Å²) in [5.41, 5.74) is 0. The Bertz CT molecular complexity index is 333. The summed E-state index contributed by atoms with van der Waals surface area (Å²) in [4.78, 5) is 0. The number of halogens is 10. The molecule has 21 heavy (non-hydrogen) atoms. The first-order valence-electron chi connectivity index (χ1n) is 6.03. The number of hydrogen-bond donors (Lipinski definition) is 0. The second-order valence-corrected chi connectivity index (χ2v) is 13.9. The minimum Gasteiger partial charge on any atom is -0.241 e. The Morgan fingerprint density at radius 2 is 1.48 bits per heavy atom. The van der Waals surface area contributed by atoms with Crippen molar-refractivity contribution in [1.82, 2.24) is 0 Å². The molecule has 0 aromatic carbocycles. The van der Waals surface area contributed by atoms with Crippen LogP contribution in [0.3, 0.4) is 0 Å². The van der Waals surface area contributed by atoms with Crippen LogP contribution in [-0.2, 0) is 0 Å². The zero-order valence-corrected chi connectivity index (χ0v) is 14.2. The lowest BCUT2D eigenvalue weighted by Crippen LogP contribution is -2.58. The molecule has 0 saturated heterocycles. The van der Waals surface area contributed by atoms with E-state index in [2.05, 4.69) is 0 Å². The molecule has 11 heteroatoms. The van der Waals surface area contributed by atoms with Gasteiger partial charge >= 0.3 is 23.8 Å². The van der Waals surface area contributed by atoms with E-state index in [4.69, 9.17) is 33.2 Å². The Labute approximate surface area is 133 Å². The van der Waals surface area contributed by atoms with Gasteiger partial charge in [-0.15, -0.1) is 33.2 Å². The standard InChI is InChI=1S/C10H14Cl3F7Si/c1-2-3-4-7(14)9(17,18)10(19,20)8(15,16)5-6-21(11,12)13/h7H,2-6H2,1H3. The van der Waals surface area contributed by atoms with Crippen molar-refractivity contribution in [3.63, 3.8) is 0 Å². The quantitative estimate of drug-likeness (QED) is 0.236. The number of alkyl halides is 7. The molecule has 0 nitrogen and oxygen atoms in total. The van der Waals surface area contributed by atoms with E-state index >= 15 is 0 Å². The van der Waals surface area contributed by atoms with Crippen LogP contribution >= 0.6 is 33.2 Å². The van der Waals surface area contributed by atoms with Crippen molar-refractivity contribution in [3.8, 4) is 0 Å². The largest absolute Gasteiger partial charge is 0.374 e. The molecule has 0 amide bonds. The molecule has 0 aliphatic heterocycles. The molecule has 0 spiro atoms. The fourth-order valence-corrected chi connectivity index (χ4v) is 2.91. The molecule has 0 heterocycles. The van der Waals surface area contributed by atoms with E-state index in [-0.39, 0.29) is 12.8 Å². The van der Waals surface area contributed by atoms with E-state index in [1.165, 1.54) is 6.92 Å². The third-order valence-corrected chi connectivity index (χ3v) is 5.32. The normalized spacial score (nSPS) is 16.1. The molecule has 0 radical (unpaired) electrons. The van der Waals surface area contributed by atoms with Gasteiger partial charge in [-0.3, -0.25) is 0 Å². The Morgan fingerprint density at radius 3 is 1.86 bits per heavy atom. The SMILES string of the molecule is CCCCC(F)C(F)(F)C(F)(F)C(F)(F)CC[Si](Cl)(Cl)Cl. The summed E-state index contributed by atoms with van der Waals surface area (Å²) >= 11 is 15.8. The maximum atomic E-state index is 13.4. The van der Waals surface area contributed by atoms with Crippen molar-refractivity contribution >= 4 is 39.2 Å². The summed E-state index contributed by atoms with van der Waals surface area (Å²) < 4.78 is 93.4. The second kappa shape index (κ2) is 7.44. The highest BCUT2D eigenvalue weighted by Crippen LogP contribution is 2.51. The number of rotatable bonds is 9. The van der Waals surface area contributed by atoms with Gasteiger partial charge in [0.25, 0.3) is 0 Å². The number of unbranched alkanes of at least 4 members (excludes halogenated alkanes) is 1. The predicted molar refractivity (Wildman–Crippen MR) is 72.0 cm³/mol. The number of hydrogen-bond acceptors (Lipinski definition) is 0. The van der Waals surface area contributed by atoms with Gasteiger partial charge in [-0.05, 0) is 12.5 Å². The first-order valence-corrected chi connectivity index (χ1v) is 11.3. The fourth-order valence-electron chi connectivity index (χ4n) is 1.46. The third kappa shape index (κ3) is 5.62. The van der Waals surface area contributed by atoms with Crippen molar-refractivity contribution in [3.05, 3.63) is 0 Å². The lowest BCUT2D eigenvalue weighted by atomic mass is 9.96. The maximum Gasteiger partial charge on any atom is 0.374 e. The van der Waals surface area contributed by atoms with Crippen LogP contribution in [0.2, 0.25) is 6.04 Å². The van der Waals surface area contributed by atoms with Crippen molar-refractivity contribution in [2.24, 2.45) is 0 Å². The van der Waals surface area contributed by atoms with E-state index in [0.717, 1.165) is 0 Å². The predicted octanol–water partition coefficient (Wildman–Crippen LogP) is 6.47. The van der Waals surface area contributed by atoms with E-state index in [0.29, 0.717) is 0 Å². The van der Waals surface area contributed by atoms with Gasteiger partial charge in [-0.1, -0.05) is 19.8 Å². The van der Waals surface area contributed by atoms with E-state index in [1.54, 1.807) is 0 Å². The van der Waals surface area contributed by atoms with Gasteiger partial charge < -0.3 is 0 Å². The molecule has 0 bridgehead atoms. The van der Waals surface area contributed by atoms with Crippen molar-refractivity contribution in [1.29, 1.82) is 0 Å². The van der Waals surface area contributed by atoms with Gasteiger partial charge in [-0.2, -0.15) is 26.3 Å². The van der Waals surface area contributed by atoms with Crippen LogP contribution in [0.4, 0.5) is 30.7 Å². The van der Waals surface area contributed by atoms with Crippen LogP contribution in [0, 0.1) is 0 Å². The van der Waals surface area contributed by atoms with Crippen molar-refractivity contribution in [2.45, 2.75) is 62.6 Å². The molecule has 0 rings (SSSR count). The first-order chi connectivity index (χ1) is 9.19. The highest BCUT2D eigenvalue weighted by molar-refractivity contribution is 7.64. The molecule has 1 atom stereocenters. The Balaban J connectivity index is 5.12.